The fourth-order valence-electron chi connectivity index (χ4n) is 0.592. The van der Waals surface area contributed by atoms with Crippen molar-refractivity contribution in [3.8, 4) is 0 Å². The molecule has 0 fully saturated rings. The number of hydrogen-bond donors (Lipinski definition) is 1. The molecule has 14 heavy (non-hydrogen) atoms. The summed E-state index contributed by atoms with van der Waals surface area (Å²) in [5.41, 5.74) is 0. The number of rotatable bonds is 1. The Bertz CT molecular complexity index is 386. The second-order valence-corrected chi connectivity index (χ2v) is 4.38. The van der Waals surface area contributed by atoms with Gasteiger partial charge in [-0.3, -0.25) is 4.55 Å². The minimum atomic E-state index is -4.00. The number of nitrogens with zero attached hydrogens (tertiary/aromatic N) is 1. The first kappa shape index (κ1) is 13.5. The topological polar surface area (TPSA) is 97.5 Å². The Morgan fingerprint density at radius 1 is 1.29 bits per heavy atom. The third-order valence-electron chi connectivity index (χ3n) is 1.04. The van der Waals surface area contributed by atoms with Gasteiger partial charge in [-0.25, -0.2) is 0 Å². The van der Waals surface area contributed by atoms with Crippen molar-refractivity contribution in [1.29, 1.82) is 0 Å². The molecular formula is C6H6NNaO5S. The van der Waals surface area contributed by atoms with Crippen LogP contribution >= 0.6 is 0 Å². The molecule has 0 bridgehead atoms. The van der Waals surface area contributed by atoms with E-state index in [9.17, 15) is 8.42 Å². The predicted molar refractivity (Wildman–Crippen MR) is 49.0 cm³/mol. The molecule has 6 nitrogen and oxygen atoms in total. The molecule has 0 aliphatic rings. The molecule has 1 rings (SSSR count). The number of benzene rings is 1. The standard InChI is InChI=1S/C6H6O3S.NO2.Na/c7-10(8,9)6-4-2-1-3-5-6;2-1-3;/h1-5H,(H,7,8,9);;. The SMILES string of the molecule is O=S(=O)(O)c1ccccc1.O=[N+]([O-])[Na]. The van der Waals surface area contributed by atoms with E-state index < -0.39 is 10.1 Å². The average molecular weight is 227 g/mol. The van der Waals surface area contributed by atoms with Gasteiger partial charge in [-0.15, -0.1) is 0 Å². The Balaban J connectivity index is 0.000000364. The first-order chi connectivity index (χ1) is 6.34. The summed E-state index contributed by atoms with van der Waals surface area (Å²) in [5.74, 6) is 0. The van der Waals surface area contributed by atoms with E-state index in [1.807, 2.05) is 0 Å². The van der Waals surface area contributed by atoms with Gasteiger partial charge in [0.2, 0.25) is 0 Å². The molecule has 8 heteroatoms. The molecule has 0 saturated carbocycles. The molecular weight excluding hydrogens is 221 g/mol. The molecule has 72 valence electrons. The van der Waals surface area contributed by atoms with Gasteiger partial charge < -0.3 is 0 Å². The van der Waals surface area contributed by atoms with Gasteiger partial charge in [0, 0.05) is 0 Å². The minimum absolute atomic E-state index is 0.0710. The molecule has 0 amide bonds. The summed E-state index contributed by atoms with van der Waals surface area (Å²) in [6.45, 7) is 0. The predicted octanol–water partition coefficient (Wildman–Crippen LogP) is 0.280. The van der Waals surface area contributed by atoms with Crippen LogP contribution in [0.5, 0.6) is 0 Å². The van der Waals surface area contributed by atoms with Gasteiger partial charge in [-0.2, -0.15) is 8.42 Å². The second-order valence-electron chi connectivity index (χ2n) is 2.23. The van der Waals surface area contributed by atoms with Crippen molar-refractivity contribution >= 4 is 38.4 Å². The van der Waals surface area contributed by atoms with Crippen LogP contribution in [0.4, 0.5) is 0 Å². The molecule has 1 aromatic carbocycles. The third kappa shape index (κ3) is 6.98. The quantitative estimate of drug-likeness (QED) is 0.321. The molecule has 0 radical (unpaired) electrons. The van der Waals surface area contributed by atoms with Crippen molar-refractivity contribution in [2.45, 2.75) is 4.90 Å². The van der Waals surface area contributed by atoms with Gasteiger partial charge in [-0.1, -0.05) is 18.2 Å². The molecule has 0 atom stereocenters. The van der Waals surface area contributed by atoms with Gasteiger partial charge in [0.1, 0.15) is 0 Å². The van der Waals surface area contributed by atoms with E-state index in [-0.39, 0.29) is 35.6 Å². The molecule has 0 aromatic heterocycles. The van der Waals surface area contributed by atoms with Crippen LogP contribution in [0.15, 0.2) is 35.2 Å². The molecule has 0 unspecified atom stereocenters. The summed E-state index contributed by atoms with van der Waals surface area (Å²) in [4.78, 5) is 8.79. The van der Waals surface area contributed by atoms with Gasteiger partial charge in [0.25, 0.3) is 10.1 Å². The first-order valence-corrected chi connectivity index (χ1v) is 5.78. The van der Waals surface area contributed by atoms with Crippen LogP contribution in [0, 0.1) is 10.1 Å². The monoisotopic (exact) mass is 227 g/mol. The van der Waals surface area contributed by atoms with E-state index in [2.05, 4.69) is 0 Å². The van der Waals surface area contributed by atoms with E-state index >= 15 is 0 Å². The molecule has 1 aromatic rings. The first-order valence-electron chi connectivity index (χ1n) is 3.44. The summed E-state index contributed by atoms with van der Waals surface area (Å²) < 4.78 is 28.9. The number of hydrogen-bond acceptors (Lipinski definition) is 4. The van der Waals surface area contributed by atoms with Crippen LogP contribution in [0.1, 0.15) is 0 Å². The van der Waals surface area contributed by atoms with Crippen molar-refractivity contribution in [2.24, 2.45) is 0 Å². The average Bonchev–Trinajstić information content (AvgIpc) is 2.03. The molecule has 0 aliphatic heterocycles. The molecule has 1 N–H and O–H groups in total. The van der Waals surface area contributed by atoms with Crippen LogP contribution in [-0.2, 0) is 10.1 Å². The summed E-state index contributed by atoms with van der Waals surface area (Å²) >= 11 is 0.0710. The fraction of sp³-hybridized carbons (Fsp3) is 0. The molecule has 0 spiro atoms. The van der Waals surface area contributed by atoms with Crippen LogP contribution < -0.4 is 0 Å². The number of nitro groups is 1. The van der Waals surface area contributed by atoms with E-state index in [0.717, 1.165) is 0 Å². The molecule has 0 aliphatic carbocycles. The Morgan fingerprint density at radius 3 is 1.86 bits per heavy atom. The Morgan fingerprint density at radius 2 is 1.64 bits per heavy atom. The summed E-state index contributed by atoms with van der Waals surface area (Å²) in [6, 6.07) is 7.42. The van der Waals surface area contributed by atoms with Crippen molar-refractivity contribution in [2.75, 3.05) is 0 Å². The molecule has 0 saturated heterocycles. The van der Waals surface area contributed by atoms with E-state index in [1.54, 1.807) is 18.2 Å². The second kappa shape index (κ2) is 6.10. The zero-order valence-electron chi connectivity index (χ0n) is 7.32. The fourth-order valence-corrected chi connectivity index (χ4v) is 1.09. The van der Waals surface area contributed by atoms with Crippen LogP contribution in [-0.4, -0.2) is 43.7 Å². The van der Waals surface area contributed by atoms with E-state index in [0.29, 0.717) is 0 Å². The van der Waals surface area contributed by atoms with Gasteiger partial charge in [0.15, 0.2) is 0 Å². The Kier molecular flexibility index (Phi) is 5.89. The third-order valence-corrected chi connectivity index (χ3v) is 1.91. The van der Waals surface area contributed by atoms with Crippen molar-refractivity contribution in [3.05, 3.63) is 40.4 Å². The van der Waals surface area contributed by atoms with Gasteiger partial charge in [0.05, 0.1) is 4.90 Å². The van der Waals surface area contributed by atoms with Crippen molar-refractivity contribution in [3.63, 3.8) is 0 Å². The maximum absolute atomic E-state index is 10.4. The summed E-state index contributed by atoms with van der Waals surface area (Å²) in [7, 11) is -4.00. The zero-order valence-corrected chi connectivity index (χ0v) is 10.1. The Labute approximate surface area is 98.7 Å². The van der Waals surface area contributed by atoms with Crippen LogP contribution in [0.2, 0.25) is 0 Å². The van der Waals surface area contributed by atoms with E-state index in [1.165, 1.54) is 12.1 Å². The van der Waals surface area contributed by atoms with Crippen LogP contribution in [0.3, 0.4) is 0 Å². The summed E-state index contributed by atoms with van der Waals surface area (Å²) in [5, 5.41) is 8.87. The van der Waals surface area contributed by atoms with Crippen molar-refractivity contribution < 1.29 is 15.4 Å². The molecule has 0 heterocycles. The maximum atomic E-state index is 10.4. The summed E-state index contributed by atoms with van der Waals surface area (Å²) in [6.07, 6.45) is 0. The van der Waals surface area contributed by atoms with E-state index in [4.69, 9.17) is 14.7 Å². The van der Waals surface area contributed by atoms with Crippen molar-refractivity contribution in [1.82, 2.24) is 0 Å². The zero-order chi connectivity index (χ0) is 11.2. The van der Waals surface area contributed by atoms with Gasteiger partial charge in [-0.05, 0) is 12.1 Å². The normalized spacial score (nSPS) is 9.93. The van der Waals surface area contributed by atoms with Gasteiger partial charge >= 0.3 is 40.8 Å². The van der Waals surface area contributed by atoms with Crippen LogP contribution in [0.25, 0.3) is 0 Å². The Hall–Kier alpha value is -0.470.